The molecule has 1 amide bonds. The lowest BCUT2D eigenvalue weighted by molar-refractivity contribution is -0.131. The van der Waals surface area contributed by atoms with E-state index in [1.165, 1.54) is 12.8 Å². The zero-order valence-corrected chi connectivity index (χ0v) is 11.1. The maximum absolute atomic E-state index is 11.9. The molecule has 1 aliphatic heterocycles. The first-order chi connectivity index (χ1) is 7.24. The van der Waals surface area contributed by atoms with E-state index in [4.69, 9.17) is 0 Å². The van der Waals surface area contributed by atoms with Crippen LogP contribution in [0.15, 0.2) is 0 Å². The monoisotopic (exact) mass is 246 g/mol. The summed E-state index contributed by atoms with van der Waals surface area (Å²) in [7, 11) is 1.92. The molecule has 1 N–H and O–H groups in total. The van der Waals surface area contributed by atoms with Gasteiger partial charge in [0.2, 0.25) is 5.91 Å². The van der Waals surface area contributed by atoms with Crippen molar-refractivity contribution in [1.82, 2.24) is 10.2 Å². The minimum Gasteiger partial charge on any atom is -0.346 e. The highest BCUT2D eigenvalue weighted by Crippen LogP contribution is 2.48. The standard InChI is InChI=1S/C12H22N2O.ClH/c1-3-14(2)12(15)11-8-10(11)9-4-6-13-7-5-9;/h9-11,13H,3-8H2,1-2H3;1H/t10-,11+;/m0./s1. The zero-order chi connectivity index (χ0) is 10.8. The molecule has 2 aliphatic rings. The second-order valence-electron chi connectivity index (χ2n) is 4.95. The molecule has 1 aliphatic carbocycles. The van der Waals surface area contributed by atoms with E-state index in [0.29, 0.717) is 17.7 Å². The first-order valence-corrected chi connectivity index (χ1v) is 6.19. The third-order valence-corrected chi connectivity index (χ3v) is 4.00. The summed E-state index contributed by atoms with van der Waals surface area (Å²) >= 11 is 0. The number of rotatable bonds is 3. The summed E-state index contributed by atoms with van der Waals surface area (Å²) in [4.78, 5) is 13.8. The Balaban J connectivity index is 0.00000128. The number of carbonyl (C=O) groups is 1. The van der Waals surface area contributed by atoms with Crippen LogP contribution in [-0.4, -0.2) is 37.5 Å². The van der Waals surface area contributed by atoms with Crippen LogP contribution in [0.5, 0.6) is 0 Å². The molecule has 1 heterocycles. The van der Waals surface area contributed by atoms with E-state index in [-0.39, 0.29) is 12.4 Å². The Labute approximate surface area is 104 Å². The van der Waals surface area contributed by atoms with Crippen LogP contribution in [0.2, 0.25) is 0 Å². The molecular weight excluding hydrogens is 224 g/mol. The van der Waals surface area contributed by atoms with Crippen LogP contribution in [0.25, 0.3) is 0 Å². The molecule has 2 atom stereocenters. The molecule has 0 aromatic heterocycles. The van der Waals surface area contributed by atoms with Gasteiger partial charge in [0.1, 0.15) is 0 Å². The normalized spacial score (nSPS) is 29.4. The zero-order valence-electron chi connectivity index (χ0n) is 10.2. The van der Waals surface area contributed by atoms with Gasteiger partial charge in [-0.1, -0.05) is 0 Å². The fourth-order valence-corrected chi connectivity index (χ4v) is 2.73. The fourth-order valence-electron chi connectivity index (χ4n) is 2.73. The lowest BCUT2D eigenvalue weighted by atomic mass is 9.92. The molecule has 0 spiro atoms. The number of hydrogen-bond acceptors (Lipinski definition) is 2. The number of hydrogen-bond donors (Lipinski definition) is 1. The van der Waals surface area contributed by atoms with Crippen LogP contribution in [0.4, 0.5) is 0 Å². The molecule has 1 saturated carbocycles. The molecule has 3 nitrogen and oxygen atoms in total. The molecule has 0 radical (unpaired) electrons. The van der Waals surface area contributed by atoms with Crippen molar-refractivity contribution in [3.05, 3.63) is 0 Å². The van der Waals surface area contributed by atoms with Crippen LogP contribution < -0.4 is 5.32 Å². The minimum absolute atomic E-state index is 0. The Bertz CT molecular complexity index is 241. The van der Waals surface area contributed by atoms with Gasteiger partial charge in [-0.05, 0) is 51.1 Å². The number of piperidine rings is 1. The van der Waals surface area contributed by atoms with Gasteiger partial charge in [0.05, 0.1) is 0 Å². The van der Waals surface area contributed by atoms with Crippen molar-refractivity contribution in [1.29, 1.82) is 0 Å². The summed E-state index contributed by atoms with van der Waals surface area (Å²) in [6.07, 6.45) is 3.68. The highest BCUT2D eigenvalue weighted by molar-refractivity contribution is 5.85. The maximum atomic E-state index is 11.9. The maximum Gasteiger partial charge on any atom is 0.225 e. The second-order valence-corrected chi connectivity index (χ2v) is 4.95. The minimum atomic E-state index is 0. The summed E-state index contributed by atoms with van der Waals surface area (Å²) in [6.45, 7) is 5.17. The van der Waals surface area contributed by atoms with Crippen LogP contribution in [0, 0.1) is 17.8 Å². The van der Waals surface area contributed by atoms with Crippen molar-refractivity contribution in [2.45, 2.75) is 26.2 Å². The van der Waals surface area contributed by atoms with Crippen LogP contribution in [-0.2, 0) is 4.79 Å². The SMILES string of the molecule is CCN(C)C(=O)[C@@H]1C[C@H]1C1CCNCC1.Cl. The molecule has 16 heavy (non-hydrogen) atoms. The highest BCUT2D eigenvalue weighted by atomic mass is 35.5. The second kappa shape index (κ2) is 5.87. The lowest BCUT2D eigenvalue weighted by Gasteiger charge is -2.23. The molecule has 0 unspecified atom stereocenters. The molecule has 1 saturated heterocycles. The third-order valence-electron chi connectivity index (χ3n) is 4.00. The Kier molecular flexibility index (Phi) is 5.06. The van der Waals surface area contributed by atoms with E-state index in [1.807, 2.05) is 18.9 Å². The van der Waals surface area contributed by atoms with Gasteiger partial charge in [0.25, 0.3) is 0 Å². The molecule has 2 rings (SSSR count). The largest absolute Gasteiger partial charge is 0.346 e. The van der Waals surface area contributed by atoms with Crippen molar-refractivity contribution >= 4 is 18.3 Å². The summed E-state index contributed by atoms with van der Waals surface area (Å²) in [6, 6.07) is 0. The summed E-state index contributed by atoms with van der Waals surface area (Å²) in [5.74, 6) is 2.25. The topological polar surface area (TPSA) is 32.3 Å². The Morgan fingerprint density at radius 3 is 2.56 bits per heavy atom. The Morgan fingerprint density at radius 1 is 1.38 bits per heavy atom. The van der Waals surface area contributed by atoms with E-state index in [0.717, 1.165) is 32.0 Å². The molecule has 0 aromatic carbocycles. The van der Waals surface area contributed by atoms with Gasteiger partial charge >= 0.3 is 0 Å². The van der Waals surface area contributed by atoms with Crippen molar-refractivity contribution in [2.75, 3.05) is 26.7 Å². The van der Waals surface area contributed by atoms with Crippen LogP contribution >= 0.6 is 12.4 Å². The molecule has 4 heteroatoms. The number of nitrogens with zero attached hydrogens (tertiary/aromatic N) is 1. The van der Waals surface area contributed by atoms with Gasteiger partial charge in [-0.25, -0.2) is 0 Å². The van der Waals surface area contributed by atoms with Crippen molar-refractivity contribution < 1.29 is 4.79 Å². The van der Waals surface area contributed by atoms with E-state index < -0.39 is 0 Å². The van der Waals surface area contributed by atoms with Gasteiger partial charge in [-0.15, -0.1) is 12.4 Å². The molecule has 0 bridgehead atoms. The Hall–Kier alpha value is -0.280. The average Bonchev–Trinajstić information content (AvgIpc) is 3.08. The Morgan fingerprint density at radius 2 is 2.00 bits per heavy atom. The van der Waals surface area contributed by atoms with Gasteiger partial charge in [0.15, 0.2) is 0 Å². The molecule has 0 aromatic rings. The van der Waals surface area contributed by atoms with Gasteiger partial charge in [-0.2, -0.15) is 0 Å². The summed E-state index contributed by atoms with van der Waals surface area (Å²) < 4.78 is 0. The molecule has 94 valence electrons. The van der Waals surface area contributed by atoms with E-state index >= 15 is 0 Å². The third kappa shape index (κ3) is 2.89. The van der Waals surface area contributed by atoms with E-state index in [2.05, 4.69) is 5.32 Å². The van der Waals surface area contributed by atoms with Crippen molar-refractivity contribution in [3.63, 3.8) is 0 Å². The molecular formula is C12H23ClN2O. The first-order valence-electron chi connectivity index (χ1n) is 6.19. The van der Waals surface area contributed by atoms with Gasteiger partial charge < -0.3 is 10.2 Å². The van der Waals surface area contributed by atoms with Gasteiger partial charge in [-0.3, -0.25) is 4.79 Å². The van der Waals surface area contributed by atoms with Crippen LogP contribution in [0.3, 0.4) is 0 Å². The van der Waals surface area contributed by atoms with E-state index in [1.54, 1.807) is 0 Å². The summed E-state index contributed by atoms with van der Waals surface area (Å²) in [5.41, 5.74) is 0. The number of amides is 1. The quantitative estimate of drug-likeness (QED) is 0.819. The summed E-state index contributed by atoms with van der Waals surface area (Å²) in [5, 5.41) is 3.38. The van der Waals surface area contributed by atoms with E-state index in [9.17, 15) is 4.79 Å². The predicted octanol–water partition coefficient (Wildman–Crippen LogP) is 1.52. The first kappa shape index (κ1) is 13.8. The number of nitrogens with one attached hydrogen (secondary N) is 1. The fraction of sp³-hybridized carbons (Fsp3) is 0.917. The number of halogens is 1. The van der Waals surface area contributed by atoms with Gasteiger partial charge in [0, 0.05) is 19.5 Å². The molecule has 2 fully saturated rings. The van der Waals surface area contributed by atoms with Crippen LogP contribution in [0.1, 0.15) is 26.2 Å². The highest BCUT2D eigenvalue weighted by Gasteiger charge is 2.48. The van der Waals surface area contributed by atoms with Crippen molar-refractivity contribution in [2.24, 2.45) is 17.8 Å². The average molecular weight is 247 g/mol. The lowest BCUT2D eigenvalue weighted by Crippen LogP contribution is -2.31. The van der Waals surface area contributed by atoms with Crippen molar-refractivity contribution in [3.8, 4) is 0 Å². The predicted molar refractivity (Wildman–Crippen MR) is 67.7 cm³/mol. The number of carbonyl (C=O) groups excluding carboxylic acids is 1. The smallest absolute Gasteiger partial charge is 0.225 e.